The van der Waals surface area contributed by atoms with Gasteiger partial charge in [0, 0.05) is 35.9 Å². The van der Waals surface area contributed by atoms with Crippen molar-refractivity contribution >= 4 is 91.1 Å². The van der Waals surface area contributed by atoms with Crippen LogP contribution in [0.15, 0.2) is 217 Å². The molecule has 4 nitrogen and oxygen atoms in total. The zero-order chi connectivity index (χ0) is 41.1. The van der Waals surface area contributed by atoms with E-state index in [2.05, 4.69) is 190 Å². The van der Waals surface area contributed by atoms with E-state index in [1.807, 2.05) is 50.5 Å². The molecule has 0 saturated heterocycles. The average Bonchev–Trinajstić information content (AvgIpc) is 3.29. The van der Waals surface area contributed by atoms with Crippen molar-refractivity contribution in [1.29, 1.82) is 0 Å². The summed E-state index contributed by atoms with van der Waals surface area (Å²) in [5.41, 5.74) is 4.41. The van der Waals surface area contributed by atoms with Gasteiger partial charge in [-0.3, -0.25) is 0 Å². The van der Waals surface area contributed by atoms with Crippen LogP contribution in [0.5, 0.6) is 0 Å². The van der Waals surface area contributed by atoms with Gasteiger partial charge in [0.1, 0.15) is 0 Å². The number of pyridine rings is 2. The second-order valence-electron chi connectivity index (χ2n) is 13.0. The molecule has 8 rings (SSSR count). The Labute approximate surface area is 366 Å². The summed E-state index contributed by atoms with van der Waals surface area (Å²) in [4.78, 5) is 18.1. The topological polar surface area (TPSA) is 50.5 Å². The van der Waals surface area contributed by atoms with Crippen molar-refractivity contribution in [3.05, 3.63) is 229 Å². The first-order valence-corrected chi connectivity index (χ1v) is 26.0. The van der Waals surface area contributed by atoms with Crippen LogP contribution in [0.4, 0.5) is 11.6 Å². The summed E-state index contributed by atoms with van der Waals surface area (Å²) in [6, 6.07) is 67.9. The quantitative estimate of drug-likeness (QED) is 0.0779. The molecule has 0 aliphatic carbocycles. The van der Waals surface area contributed by atoms with E-state index < -0.39 is 15.8 Å². The first-order valence-electron chi connectivity index (χ1n) is 18.8. The van der Waals surface area contributed by atoms with E-state index in [0.29, 0.717) is 0 Å². The van der Waals surface area contributed by atoms with E-state index in [1.165, 1.54) is 31.8 Å². The van der Waals surface area contributed by atoms with E-state index in [4.69, 9.17) is 19.4 Å². The van der Waals surface area contributed by atoms with Gasteiger partial charge >= 0.3 is 34.5 Å². The average molecular weight is 933 g/mol. The van der Waals surface area contributed by atoms with Gasteiger partial charge in [-0.2, -0.15) is 0 Å². The molecule has 0 atom stereocenters. The van der Waals surface area contributed by atoms with Gasteiger partial charge in [-0.25, -0.2) is 20.0 Å². The van der Waals surface area contributed by atoms with E-state index in [9.17, 15) is 0 Å². The van der Waals surface area contributed by atoms with Crippen LogP contribution in [0.1, 0.15) is 22.3 Å². The van der Waals surface area contributed by atoms with Gasteiger partial charge in [-0.15, -0.1) is 0 Å². The number of aromatic nitrogens is 2. The first-order chi connectivity index (χ1) is 29.1. The Morgan fingerprint density at radius 1 is 0.407 bits per heavy atom. The summed E-state index contributed by atoms with van der Waals surface area (Å²) in [5, 5.41) is 7.92. The Kier molecular flexibility index (Phi) is 17.4. The molecule has 0 radical (unpaired) electrons. The minimum absolute atomic E-state index is 0.346. The first kappa shape index (κ1) is 43.6. The maximum absolute atomic E-state index is 4.85. The normalized spacial score (nSPS) is 11.0. The third kappa shape index (κ3) is 12.5. The van der Waals surface area contributed by atoms with Gasteiger partial charge in [0.25, 0.3) is 0 Å². The van der Waals surface area contributed by atoms with Gasteiger partial charge < -0.3 is 0 Å². The van der Waals surface area contributed by atoms with Crippen molar-refractivity contribution < 1.29 is 15.1 Å². The molecule has 0 spiro atoms. The van der Waals surface area contributed by atoms with Gasteiger partial charge in [-0.1, -0.05) is 182 Å². The molecule has 59 heavy (non-hydrogen) atoms. The molecule has 0 saturated carbocycles. The SMILES string of the molecule is Cc1cccnc1/N=C\c1ccccc1P(c1ccccc1)c1ccccc1.Cc1cccnc1/N=C\c1ccccc1P(c1ccccc1)c1ccccc1.[Cl][Ru][Cl]. The molecule has 9 heteroatoms. The van der Waals surface area contributed by atoms with Gasteiger partial charge in [-0.05, 0) is 84.8 Å². The van der Waals surface area contributed by atoms with Crippen LogP contribution in [0, 0.1) is 13.8 Å². The van der Waals surface area contributed by atoms with Gasteiger partial charge in [0.2, 0.25) is 0 Å². The molecule has 0 fully saturated rings. The zero-order valence-electron chi connectivity index (χ0n) is 32.6. The fourth-order valence-electron chi connectivity index (χ4n) is 6.25. The van der Waals surface area contributed by atoms with Crippen molar-refractivity contribution in [2.45, 2.75) is 13.8 Å². The Morgan fingerprint density at radius 3 is 1.00 bits per heavy atom. The Bertz CT molecular complexity index is 2290. The summed E-state index contributed by atoms with van der Waals surface area (Å²) in [6.07, 6.45) is 7.47. The molecule has 0 aliphatic heterocycles. The number of nitrogens with zero attached hydrogens (tertiary/aromatic N) is 4. The van der Waals surface area contributed by atoms with Crippen molar-refractivity contribution in [3.63, 3.8) is 0 Å². The molecule has 294 valence electrons. The minimum atomic E-state index is -0.667. The van der Waals surface area contributed by atoms with Crippen LogP contribution in [-0.4, -0.2) is 22.4 Å². The van der Waals surface area contributed by atoms with Crippen LogP contribution in [0.2, 0.25) is 0 Å². The van der Waals surface area contributed by atoms with Crippen LogP contribution in [0.25, 0.3) is 0 Å². The molecule has 2 aromatic heterocycles. The van der Waals surface area contributed by atoms with Crippen molar-refractivity contribution in [2.24, 2.45) is 9.98 Å². The number of rotatable bonds is 10. The van der Waals surface area contributed by atoms with E-state index in [1.54, 1.807) is 12.4 Å². The van der Waals surface area contributed by atoms with Crippen molar-refractivity contribution in [1.82, 2.24) is 9.97 Å². The second kappa shape index (κ2) is 23.6. The standard InChI is InChI=1S/2C25H21N2P.2ClH.Ru/c2*1-20-11-10-18-26-25(20)27-19-21-12-8-9-17-24(21)28(22-13-4-2-5-14-22)23-15-6-3-7-16-23;;;/h2*2-19H,1H3;2*1H;/q;;;;+2/p-2/b2*27-19-;;;. The molecule has 6 aromatic carbocycles. The molecule has 0 N–H and O–H groups in total. The number of hydrogen-bond donors (Lipinski definition) is 0. The number of aryl methyl sites for hydroxylation is 2. The van der Waals surface area contributed by atoms with Crippen molar-refractivity contribution in [3.8, 4) is 0 Å². The number of benzene rings is 6. The Morgan fingerprint density at radius 2 is 0.695 bits per heavy atom. The molecule has 2 heterocycles. The summed E-state index contributed by atoms with van der Waals surface area (Å²) >= 11 is -0.346. The van der Waals surface area contributed by atoms with E-state index in [0.717, 1.165) is 33.9 Å². The van der Waals surface area contributed by atoms with Crippen LogP contribution >= 0.6 is 35.2 Å². The van der Waals surface area contributed by atoms with Crippen LogP contribution < -0.4 is 31.8 Å². The summed E-state index contributed by atoms with van der Waals surface area (Å²) in [7, 11) is 8.37. The molecule has 8 aromatic rings. The number of halogens is 2. The second-order valence-corrected chi connectivity index (χ2v) is 20.0. The van der Waals surface area contributed by atoms with Gasteiger partial charge in [0.15, 0.2) is 11.6 Å². The monoisotopic (exact) mass is 932 g/mol. The Balaban J connectivity index is 0.000000186. The van der Waals surface area contributed by atoms with Gasteiger partial charge in [0.05, 0.1) is 0 Å². The third-order valence-electron chi connectivity index (χ3n) is 9.03. The summed E-state index contributed by atoms with van der Waals surface area (Å²) < 4.78 is 0. The number of aliphatic imine (C=N–C) groups is 2. The fraction of sp³-hybridized carbons (Fsp3) is 0.0400. The Hall–Kier alpha value is -4.98. The molecular formula is C50H42Cl2N4P2Ru. The van der Waals surface area contributed by atoms with E-state index in [-0.39, 0.29) is 15.1 Å². The zero-order valence-corrected chi connectivity index (χ0v) is 37.6. The maximum atomic E-state index is 4.85. The molecular weight excluding hydrogens is 891 g/mol. The molecule has 0 unspecified atom stereocenters. The predicted molar refractivity (Wildman–Crippen MR) is 254 cm³/mol. The summed E-state index contributed by atoms with van der Waals surface area (Å²) in [5.74, 6) is 1.53. The predicted octanol–water partition coefficient (Wildman–Crippen LogP) is 11.2. The van der Waals surface area contributed by atoms with Crippen LogP contribution in [0.3, 0.4) is 0 Å². The summed E-state index contributed by atoms with van der Waals surface area (Å²) in [6.45, 7) is 4.07. The number of hydrogen-bond acceptors (Lipinski definition) is 4. The molecule has 0 amide bonds. The van der Waals surface area contributed by atoms with E-state index >= 15 is 0 Å². The fourth-order valence-corrected chi connectivity index (χ4v) is 11.1. The molecule has 0 bridgehead atoms. The van der Waals surface area contributed by atoms with Crippen molar-refractivity contribution in [2.75, 3.05) is 0 Å². The third-order valence-corrected chi connectivity index (χ3v) is 14.1. The molecule has 0 aliphatic rings. The van der Waals surface area contributed by atoms with Crippen LogP contribution in [-0.2, 0) is 15.1 Å².